The number of esters is 1. The number of fused-ring (bicyclic) bond motifs is 1. The smallest absolute Gasteiger partial charge is 0.311 e. The first-order chi connectivity index (χ1) is 7.05. The number of rotatable bonds is 2. The van der Waals surface area contributed by atoms with E-state index in [1.165, 1.54) is 0 Å². The third-order valence-electron chi connectivity index (χ3n) is 3.75. The molecular weight excluding hydrogens is 204 g/mol. The Hall–Kier alpha value is -0.710. The van der Waals surface area contributed by atoms with Crippen molar-refractivity contribution in [3.05, 3.63) is 0 Å². The minimum atomic E-state index is -2.61. The first-order valence-electron chi connectivity index (χ1n) is 5.37. The molecule has 84 valence electrons. The van der Waals surface area contributed by atoms with E-state index < -0.39 is 12.0 Å². The highest BCUT2D eigenvalue weighted by Gasteiger charge is 2.54. The third kappa shape index (κ3) is 1.44. The van der Waals surface area contributed by atoms with Crippen LogP contribution in [0.15, 0.2) is 0 Å². The van der Waals surface area contributed by atoms with Crippen LogP contribution in [0.4, 0.5) is 8.78 Å². The van der Waals surface area contributed by atoms with Gasteiger partial charge in [-0.3, -0.25) is 4.79 Å². The van der Waals surface area contributed by atoms with Gasteiger partial charge in [0.05, 0.1) is 5.92 Å². The lowest BCUT2D eigenvalue weighted by atomic mass is 9.74. The SMILES string of the molecule is O=C(OC1CC(F)(F)C1)C1C2CNC1C2. The van der Waals surface area contributed by atoms with Crippen LogP contribution in [0, 0.1) is 11.8 Å². The molecule has 3 unspecified atom stereocenters. The summed E-state index contributed by atoms with van der Waals surface area (Å²) in [5.41, 5.74) is 0. The van der Waals surface area contributed by atoms with Crippen molar-refractivity contribution in [3.63, 3.8) is 0 Å². The standard InChI is InChI=1S/C10H13F2NO2/c11-10(12)2-6(3-10)15-9(14)8-5-1-7(8)13-4-5/h5-8,13H,1-4H2. The number of carbonyl (C=O) groups is 1. The quantitative estimate of drug-likeness (QED) is 0.699. The molecule has 1 N–H and O–H groups in total. The molecule has 15 heavy (non-hydrogen) atoms. The van der Waals surface area contributed by atoms with Gasteiger partial charge in [0.15, 0.2) is 0 Å². The maximum Gasteiger partial charge on any atom is 0.311 e. The van der Waals surface area contributed by atoms with Crippen LogP contribution in [-0.4, -0.2) is 30.6 Å². The van der Waals surface area contributed by atoms with E-state index in [0.717, 1.165) is 13.0 Å². The van der Waals surface area contributed by atoms with Crippen LogP contribution < -0.4 is 5.32 Å². The van der Waals surface area contributed by atoms with Crippen LogP contribution in [0.2, 0.25) is 0 Å². The average molecular weight is 217 g/mol. The molecule has 0 radical (unpaired) electrons. The fourth-order valence-corrected chi connectivity index (χ4v) is 2.76. The van der Waals surface area contributed by atoms with E-state index in [1.807, 2.05) is 0 Å². The van der Waals surface area contributed by atoms with Crippen LogP contribution in [-0.2, 0) is 9.53 Å². The molecule has 4 fully saturated rings. The Labute approximate surface area is 86.2 Å². The Morgan fingerprint density at radius 3 is 2.60 bits per heavy atom. The summed E-state index contributed by atoms with van der Waals surface area (Å²) in [7, 11) is 0. The van der Waals surface area contributed by atoms with Gasteiger partial charge < -0.3 is 10.1 Å². The minimum absolute atomic E-state index is 0.0702. The largest absolute Gasteiger partial charge is 0.462 e. The number of halogens is 2. The lowest BCUT2D eigenvalue weighted by molar-refractivity contribution is -0.190. The van der Waals surface area contributed by atoms with Crippen LogP contribution >= 0.6 is 0 Å². The molecule has 2 saturated heterocycles. The Bertz CT molecular complexity index is 286. The maximum atomic E-state index is 12.5. The zero-order valence-electron chi connectivity index (χ0n) is 8.21. The van der Waals surface area contributed by atoms with Crippen LogP contribution in [0.1, 0.15) is 19.3 Å². The molecule has 3 nitrogen and oxygen atoms in total. The summed E-state index contributed by atoms with van der Waals surface area (Å²) in [5, 5.41) is 3.20. The molecule has 3 atom stereocenters. The molecule has 0 aromatic carbocycles. The number of ether oxygens (including phenoxy) is 1. The summed E-state index contributed by atoms with van der Waals surface area (Å²) in [5.74, 6) is -2.58. The topological polar surface area (TPSA) is 38.3 Å². The first-order valence-corrected chi connectivity index (χ1v) is 5.37. The van der Waals surface area contributed by atoms with E-state index in [4.69, 9.17) is 4.74 Å². The van der Waals surface area contributed by atoms with Gasteiger partial charge in [0.1, 0.15) is 6.10 Å². The second-order valence-corrected chi connectivity index (χ2v) is 4.86. The minimum Gasteiger partial charge on any atom is -0.462 e. The molecule has 0 spiro atoms. The molecule has 2 aliphatic heterocycles. The molecule has 0 amide bonds. The Kier molecular flexibility index (Phi) is 1.84. The summed E-state index contributed by atoms with van der Waals surface area (Å²) in [4.78, 5) is 11.6. The van der Waals surface area contributed by atoms with Gasteiger partial charge in [-0.25, -0.2) is 8.78 Å². The Morgan fingerprint density at radius 1 is 1.40 bits per heavy atom. The van der Waals surface area contributed by atoms with E-state index in [2.05, 4.69) is 5.32 Å². The van der Waals surface area contributed by atoms with Crippen LogP contribution in [0.25, 0.3) is 0 Å². The van der Waals surface area contributed by atoms with E-state index in [0.29, 0.717) is 5.92 Å². The normalized spacial score (nSPS) is 41.9. The number of hydrogen-bond donors (Lipinski definition) is 1. The van der Waals surface area contributed by atoms with Crippen molar-refractivity contribution in [1.29, 1.82) is 0 Å². The molecule has 2 heterocycles. The lowest BCUT2D eigenvalue weighted by Crippen LogP contribution is -2.48. The molecule has 2 saturated carbocycles. The van der Waals surface area contributed by atoms with Crippen LogP contribution in [0.3, 0.4) is 0 Å². The van der Waals surface area contributed by atoms with Gasteiger partial charge in [0, 0.05) is 18.9 Å². The fraction of sp³-hybridized carbons (Fsp3) is 0.900. The van der Waals surface area contributed by atoms with Gasteiger partial charge in [0.2, 0.25) is 0 Å². The van der Waals surface area contributed by atoms with Crippen molar-refractivity contribution in [2.45, 2.75) is 37.3 Å². The maximum absolute atomic E-state index is 12.5. The van der Waals surface area contributed by atoms with Gasteiger partial charge in [-0.05, 0) is 18.9 Å². The molecule has 2 aliphatic carbocycles. The van der Waals surface area contributed by atoms with Crippen molar-refractivity contribution in [1.82, 2.24) is 5.32 Å². The zero-order valence-corrected chi connectivity index (χ0v) is 8.21. The molecular formula is C10H13F2NO2. The van der Waals surface area contributed by atoms with Crippen molar-refractivity contribution >= 4 is 5.97 Å². The predicted octanol–water partition coefficient (Wildman–Crippen LogP) is 0.935. The molecule has 0 aromatic rings. The summed E-state index contributed by atoms with van der Waals surface area (Å²) in [6.07, 6.45) is -0.115. The zero-order chi connectivity index (χ0) is 10.6. The summed E-state index contributed by atoms with van der Waals surface area (Å²) >= 11 is 0. The number of carbonyl (C=O) groups excluding carboxylic acids is 1. The average Bonchev–Trinajstić information content (AvgIpc) is 2.58. The second kappa shape index (κ2) is 2.90. The van der Waals surface area contributed by atoms with Crippen molar-refractivity contribution in [2.75, 3.05) is 6.54 Å². The number of nitrogens with one attached hydrogen (secondary N) is 1. The van der Waals surface area contributed by atoms with E-state index in [9.17, 15) is 13.6 Å². The third-order valence-corrected chi connectivity index (χ3v) is 3.75. The van der Waals surface area contributed by atoms with Gasteiger partial charge in [-0.1, -0.05) is 0 Å². The Balaban J connectivity index is 1.51. The summed E-state index contributed by atoms with van der Waals surface area (Å²) < 4.78 is 30.0. The van der Waals surface area contributed by atoms with Gasteiger partial charge in [-0.15, -0.1) is 0 Å². The van der Waals surface area contributed by atoms with Crippen molar-refractivity contribution in [3.8, 4) is 0 Å². The van der Waals surface area contributed by atoms with Crippen molar-refractivity contribution < 1.29 is 18.3 Å². The second-order valence-electron chi connectivity index (χ2n) is 4.86. The molecule has 5 heteroatoms. The molecule has 4 rings (SSSR count). The summed E-state index contributed by atoms with van der Waals surface area (Å²) in [6, 6.07) is 0.239. The molecule has 4 aliphatic rings. The summed E-state index contributed by atoms with van der Waals surface area (Å²) in [6.45, 7) is 0.866. The Morgan fingerprint density at radius 2 is 2.13 bits per heavy atom. The molecule has 0 aromatic heterocycles. The predicted molar refractivity (Wildman–Crippen MR) is 47.4 cm³/mol. The highest BCUT2D eigenvalue weighted by Crippen LogP contribution is 2.43. The fourth-order valence-electron chi connectivity index (χ4n) is 2.76. The number of alkyl halides is 2. The lowest BCUT2D eigenvalue weighted by Gasteiger charge is -2.38. The van der Waals surface area contributed by atoms with E-state index >= 15 is 0 Å². The van der Waals surface area contributed by atoms with Crippen LogP contribution in [0.5, 0.6) is 0 Å². The highest BCUT2D eigenvalue weighted by molar-refractivity contribution is 5.76. The first kappa shape index (κ1) is 9.51. The van der Waals surface area contributed by atoms with E-state index in [1.54, 1.807) is 0 Å². The monoisotopic (exact) mass is 217 g/mol. The number of hydrogen-bond acceptors (Lipinski definition) is 3. The highest BCUT2D eigenvalue weighted by atomic mass is 19.3. The van der Waals surface area contributed by atoms with Gasteiger partial charge >= 0.3 is 5.97 Å². The van der Waals surface area contributed by atoms with Crippen molar-refractivity contribution in [2.24, 2.45) is 11.8 Å². The van der Waals surface area contributed by atoms with Gasteiger partial charge in [0.25, 0.3) is 5.92 Å². The van der Waals surface area contributed by atoms with E-state index in [-0.39, 0.29) is 30.8 Å². The molecule has 2 bridgehead atoms. The van der Waals surface area contributed by atoms with Gasteiger partial charge in [-0.2, -0.15) is 0 Å².